The zero-order valence-electron chi connectivity index (χ0n) is 9.13. The Morgan fingerprint density at radius 3 is 2.73 bits per heavy atom. The third kappa shape index (κ3) is 1.59. The molecule has 0 aliphatic rings. The lowest BCUT2D eigenvalue weighted by molar-refractivity contribution is 0.569. The number of hydrogen-bond donors (Lipinski definition) is 1. The largest absolute Gasteiger partial charge is 0.361 e. The number of pyridine rings is 1. The Morgan fingerprint density at radius 1 is 1.40 bits per heavy atom. The molecule has 2 aromatic heterocycles. The molecule has 2 aromatic rings. The van der Waals surface area contributed by atoms with Crippen LogP contribution < -0.4 is 0 Å². The molecule has 0 aromatic carbocycles. The monoisotopic (exact) mass is 199 g/mol. The maximum atomic E-state index is 9.02. The van der Waals surface area contributed by atoms with Gasteiger partial charge in [0.1, 0.15) is 11.8 Å². The van der Waals surface area contributed by atoms with Crippen molar-refractivity contribution in [2.24, 2.45) is 0 Å². The van der Waals surface area contributed by atoms with Crippen LogP contribution in [0.3, 0.4) is 0 Å². The zero-order chi connectivity index (χ0) is 11.1. The first-order valence-corrected chi connectivity index (χ1v) is 4.91. The summed E-state index contributed by atoms with van der Waals surface area (Å²) in [5, 5.41) is 9.91. The number of nitrogens with one attached hydrogen (secondary N) is 1. The number of hydrogen-bond acceptors (Lipinski definition) is 2. The molecule has 0 aliphatic carbocycles. The fourth-order valence-electron chi connectivity index (χ4n) is 1.53. The smallest absolute Gasteiger partial charge is 0.150 e. The van der Waals surface area contributed by atoms with Crippen LogP contribution in [0, 0.1) is 11.3 Å². The lowest BCUT2D eigenvalue weighted by Gasteiger charge is -2.17. The molecule has 15 heavy (non-hydrogen) atoms. The van der Waals surface area contributed by atoms with Crippen LogP contribution in [0.2, 0.25) is 0 Å². The van der Waals surface area contributed by atoms with Gasteiger partial charge < -0.3 is 4.98 Å². The van der Waals surface area contributed by atoms with Crippen LogP contribution in [-0.2, 0) is 5.41 Å². The van der Waals surface area contributed by atoms with Crippen LogP contribution in [-0.4, -0.2) is 9.97 Å². The summed E-state index contributed by atoms with van der Waals surface area (Å²) in [5.41, 5.74) is 2.38. The molecule has 0 amide bonds. The predicted octanol–water partition coefficient (Wildman–Crippen LogP) is 2.73. The maximum Gasteiger partial charge on any atom is 0.150 e. The van der Waals surface area contributed by atoms with Crippen molar-refractivity contribution in [3.05, 3.63) is 29.7 Å². The first-order chi connectivity index (χ1) is 7.02. The average molecular weight is 199 g/mol. The fraction of sp³-hybridized carbons (Fsp3) is 0.333. The Morgan fingerprint density at radius 2 is 2.13 bits per heavy atom. The highest BCUT2D eigenvalue weighted by molar-refractivity contribution is 5.84. The Labute approximate surface area is 88.8 Å². The van der Waals surface area contributed by atoms with Crippen molar-refractivity contribution in [2.75, 3.05) is 0 Å². The molecule has 1 N–H and O–H groups in total. The lowest BCUT2D eigenvalue weighted by atomic mass is 9.91. The minimum atomic E-state index is -0.0368. The minimum Gasteiger partial charge on any atom is -0.361 e. The Hall–Kier alpha value is -1.82. The summed E-state index contributed by atoms with van der Waals surface area (Å²) >= 11 is 0. The second-order valence-corrected chi connectivity index (χ2v) is 4.66. The molecule has 0 bridgehead atoms. The second kappa shape index (κ2) is 3.09. The topological polar surface area (TPSA) is 52.5 Å². The molecule has 0 radical (unpaired) electrons. The van der Waals surface area contributed by atoms with Crippen LogP contribution in [0.1, 0.15) is 32.2 Å². The third-order valence-corrected chi connectivity index (χ3v) is 2.42. The van der Waals surface area contributed by atoms with E-state index in [0.29, 0.717) is 5.69 Å². The molecule has 0 aliphatic heterocycles. The third-order valence-electron chi connectivity index (χ3n) is 2.42. The predicted molar refractivity (Wildman–Crippen MR) is 59.5 cm³/mol. The maximum absolute atomic E-state index is 9.02. The molecule has 0 spiro atoms. The van der Waals surface area contributed by atoms with Crippen molar-refractivity contribution in [1.29, 1.82) is 5.26 Å². The molecule has 3 heteroatoms. The van der Waals surface area contributed by atoms with Gasteiger partial charge in [0.2, 0.25) is 0 Å². The zero-order valence-corrected chi connectivity index (χ0v) is 9.13. The molecular formula is C12H13N3. The highest BCUT2D eigenvalue weighted by Gasteiger charge is 2.18. The van der Waals surface area contributed by atoms with E-state index < -0.39 is 0 Å². The normalized spacial score (nSPS) is 11.6. The Bertz CT molecular complexity index is 538. The molecule has 2 rings (SSSR count). The molecule has 3 nitrogen and oxygen atoms in total. The van der Waals surface area contributed by atoms with Crippen molar-refractivity contribution < 1.29 is 0 Å². The van der Waals surface area contributed by atoms with Crippen molar-refractivity contribution in [2.45, 2.75) is 26.2 Å². The van der Waals surface area contributed by atoms with Gasteiger partial charge in [0.15, 0.2) is 0 Å². The van der Waals surface area contributed by atoms with Gasteiger partial charge in [-0.25, -0.2) is 4.98 Å². The first kappa shape index (κ1) is 9.72. The summed E-state index contributed by atoms with van der Waals surface area (Å²) < 4.78 is 0. The van der Waals surface area contributed by atoms with E-state index in [9.17, 15) is 0 Å². The molecule has 0 saturated heterocycles. The molecule has 0 unspecified atom stereocenters. The highest BCUT2D eigenvalue weighted by Crippen LogP contribution is 2.25. The summed E-state index contributed by atoms with van der Waals surface area (Å²) in [6.07, 6.45) is 1.83. The van der Waals surface area contributed by atoms with Gasteiger partial charge in [-0.05, 0) is 12.1 Å². The SMILES string of the molecule is CC(C)(C)c1cc2[nH]ccc2c(C#N)n1. The summed E-state index contributed by atoms with van der Waals surface area (Å²) in [4.78, 5) is 7.50. The Balaban J connectivity index is 2.76. The van der Waals surface area contributed by atoms with E-state index in [0.717, 1.165) is 16.6 Å². The summed E-state index contributed by atoms with van der Waals surface area (Å²) in [7, 11) is 0. The van der Waals surface area contributed by atoms with Crippen molar-refractivity contribution in [1.82, 2.24) is 9.97 Å². The highest BCUT2D eigenvalue weighted by atomic mass is 14.8. The van der Waals surface area contributed by atoms with E-state index in [1.807, 2.05) is 18.3 Å². The first-order valence-electron chi connectivity index (χ1n) is 4.91. The van der Waals surface area contributed by atoms with E-state index >= 15 is 0 Å². The summed E-state index contributed by atoms with van der Waals surface area (Å²) in [6, 6.07) is 6.03. The molecular weight excluding hydrogens is 186 g/mol. The van der Waals surface area contributed by atoms with Crippen molar-refractivity contribution >= 4 is 10.9 Å². The molecule has 0 fully saturated rings. The lowest BCUT2D eigenvalue weighted by Crippen LogP contribution is -2.14. The van der Waals surface area contributed by atoms with E-state index in [1.54, 1.807) is 0 Å². The minimum absolute atomic E-state index is 0.0368. The van der Waals surface area contributed by atoms with Crippen LogP contribution >= 0.6 is 0 Å². The van der Waals surface area contributed by atoms with Gasteiger partial charge in [-0.3, -0.25) is 0 Å². The van der Waals surface area contributed by atoms with E-state index in [4.69, 9.17) is 5.26 Å². The standard InChI is InChI=1S/C12H13N3/c1-12(2,3)11-6-9-8(4-5-14-9)10(7-13)15-11/h4-6,14H,1-3H3. The van der Waals surface area contributed by atoms with Gasteiger partial charge in [-0.15, -0.1) is 0 Å². The quantitative estimate of drug-likeness (QED) is 0.709. The van der Waals surface area contributed by atoms with E-state index in [-0.39, 0.29) is 5.41 Å². The van der Waals surface area contributed by atoms with Crippen LogP contribution in [0.15, 0.2) is 18.3 Å². The fourth-order valence-corrected chi connectivity index (χ4v) is 1.53. The van der Waals surface area contributed by atoms with Crippen LogP contribution in [0.4, 0.5) is 0 Å². The number of fused-ring (bicyclic) bond motifs is 1. The van der Waals surface area contributed by atoms with Gasteiger partial charge in [0, 0.05) is 22.7 Å². The molecule has 0 saturated carbocycles. The number of aromatic amines is 1. The summed E-state index contributed by atoms with van der Waals surface area (Å²) in [5.74, 6) is 0. The number of nitriles is 1. The van der Waals surface area contributed by atoms with Crippen LogP contribution in [0.5, 0.6) is 0 Å². The number of rotatable bonds is 0. The molecule has 76 valence electrons. The molecule has 0 atom stereocenters. The van der Waals surface area contributed by atoms with Crippen molar-refractivity contribution in [3.8, 4) is 6.07 Å². The average Bonchev–Trinajstić information content (AvgIpc) is 2.62. The number of nitrogens with zero attached hydrogens (tertiary/aromatic N) is 2. The van der Waals surface area contributed by atoms with Gasteiger partial charge in [-0.2, -0.15) is 5.26 Å². The van der Waals surface area contributed by atoms with Crippen molar-refractivity contribution in [3.63, 3.8) is 0 Å². The Kier molecular flexibility index (Phi) is 2.01. The second-order valence-electron chi connectivity index (χ2n) is 4.66. The van der Waals surface area contributed by atoms with Crippen LogP contribution in [0.25, 0.3) is 10.9 Å². The van der Waals surface area contributed by atoms with Gasteiger partial charge >= 0.3 is 0 Å². The van der Waals surface area contributed by atoms with Gasteiger partial charge in [-0.1, -0.05) is 20.8 Å². The molecule has 2 heterocycles. The number of aromatic nitrogens is 2. The van der Waals surface area contributed by atoms with E-state index in [1.165, 1.54) is 0 Å². The van der Waals surface area contributed by atoms with E-state index in [2.05, 4.69) is 36.8 Å². The van der Waals surface area contributed by atoms with Gasteiger partial charge in [0.05, 0.1) is 5.52 Å². The number of H-pyrrole nitrogens is 1. The van der Waals surface area contributed by atoms with Gasteiger partial charge in [0.25, 0.3) is 0 Å². The summed E-state index contributed by atoms with van der Waals surface area (Å²) in [6.45, 7) is 6.27.